The average molecular weight is 549 g/mol. The molecule has 3 rings (SSSR count). The van der Waals surface area contributed by atoms with Crippen LogP contribution in [0.25, 0.3) is 0 Å². The molecule has 0 radical (unpaired) electrons. The number of carbonyl (C=O) groups is 2. The van der Waals surface area contributed by atoms with Gasteiger partial charge in [0.2, 0.25) is 5.91 Å². The number of anilines is 1. The summed E-state index contributed by atoms with van der Waals surface area (Å²) in [5, 5.41) is 0.427. The lowest BCUT2D eigenvalue weighted by atomic mass is 10.2. The second-order valence-corrected chi connectivity index (χ2v) is 9.13. The maximum Gasteiger partial charge on any atom is 0.491 e. The quantitative estimate of drug-likeness (QED) is 0.310. The zero-order chi connectivity index (χ0) is 26.0. The van der Waals surface area contributed by atoms with Crippen molar-refractivity contribution in [2.45, 2.75) is 11.1 Å². The van der Waals surface area contributed by atoms with Crippen molar-refractivity contribution in [3.63, 3.8) is 0 Å². The lowest BCUT2D eigenvalue weighted by Gasteiger charge is -2.17. The Labute approximate surface area is 206 Å². The molecule has 0 fully saturated rings. The Morgan fingerprint density at radius 3 is 2.20 bits per heavy atom. The highest BCUT2D eigenvalue weighted by Crippen LogP contribution is 2.37. The van der Waals surface area contributed by atoms with Gasteiger partial charge in [0.05, 0.1) is 16.3 Å². The minimum Gasteiger partial charge on any atom is -0.454 e. The van der Waals surface area contributed by atoms with Gasteiger partial charge < -0.3 is 15.2 Å². The Morgan fingerprint density at radius 1 is 0.914 bits per heavy atom. The van der Waals surface area contributed by atoms with Crippen molar-refractivity contribution in [2.24, 2.45) is 5.73 Å². The summed E-state index contributed by atoms with van der Waals surface area (Å²) in [6, 6.07) is 12.6. The van der Waals surface area contributed by atoms with E-state index in [0.29, 0.717) is 5.02 Å². The number of para-hydroxylation sites is 2. The Kier molecular flexibility index (Phi) is 7.48. The van der Waals surface area contributed by atoms with Crippen LogP contribution in [-0.4, -0.2) is 26.5 Å². The maximum absolute atomic E-state index is 13.2. The highest BCUT2D eigenvalue weighted by atomic mass is 35.5. The molecule has 3 N–H and O–H groups in total. The van der Waals surface area contributed by atoms with Gasteiger partial charge in [-0.05, 0) is 42.5 Å². The molecular formula is C21H13Cl2F3N2O6S. The van der Waals surface area contributed by atoms with Crippen molar-refractivity contribution in [3.8, 4) is 17.2 Å². The first kappa shape index (κ1) is 26.1. The second kappa shape index (κ2) is 10.0. The van der Waals surface area contributed by atoms with E-state index in [1.165, 1.54) is 42.5 Å². The molecule has 0 unspecified atom stereocenters. The predicted molar refractivity (Wildman–Crippen MR) is 120 cm³/mol. The van der Waals surface area contributed by atoms with Crippen LogP contribution in [0.3, 0.4) is 0 Å². The molecule has 0 saturated carbocycles. The van der Waals surface area contributed by atoms with Crippen LogP contribution in [0.2, 0.25) is 10.0 Å². The van der Waals surface area contributed by atoms with Crippen LogP contribution in [-0.2, 0) is 14.8 Å². The summed E-state index contributed by atoms with van der Waals surface area (Å²) in [6.07, 6.45) is -5.44. The van der Waals surface area contributed by atoms with Crippen molar-refractivity contribution >= 4 is 50.8 Å². The molecule has 0 aliphatic rings. The molecule has 0 saturated heterocycles. The van der Waals surface area contributed by atoms with E-state index in [4.69, 9.17) is 33.7 Å². The number of carbonyl (C=O) groups excluding carboxylic acids is 2. The van der Waals surface area contributed by atoms with E-state index in [1.807, 2.05) is 0 Å². The number of sulfonamides is 1. The second-order valence-electron chi connectivity index (χ2n) is 6.66. The normalized spacial score (nSPS) is 11.6. The zero-order valence-electron chi connectivity index (χ0n) is 17.1. The summed E-state index contributed by atoms with van der Waals surface area (Å²) < 4.78 is 76.5. The smallest absolute Gasteiger partial charge is 0.454 e. The molecule has 3 aromatic carbocycles. The van der Waals surface area contributed by atoms with Crippen LogP contribution in [0.4, 0.5) is 18.9 Å². The lowest BCUT2D eigenvalue weighted by molar-refractivity contribution is -0.189. The van der Waals surface area contributed by atoms with Crippen LogP contribution in [0.5, 0.6) is 17.2 Å². The SMILES string of the molecule is NC(=O)c1cccc(OC(=O)C(F)(F)F)c1S(=O)(=O)Nc1ccccc1Oc1ccc(Cl)cc1Cl. The molecule has 0 aliphatic heterocycles. The third-order valence-corrected chi connectivity index (χ3v) is 6.17. The van der Waals surface area contributed by atoms with Crippen molar-refractivity contribution in [1.29, 1.82) is 0 Å². The molecule has 0 spiro atoms. The Morgan fingerprint density at radius 2 is 1.57 bits per heavy atom. The highest BCUT2D eigenvalue weighted by Gasteiger charge is 2.42. The fraction of sp³-hybridized carbons (Fsp3) is 0.0476. The zero-order valence-corrected chi connectivity index (χ0v) is 19.4. The molecule has 184 valence electrons. The molecule has 0 heterocycles. The molecule has 0 aliphatic carbocycles. The van der Waals surface area contributed by atoms with Gasteiger partial charge in [0.15, 0.2) is 11.5 Å². The minimum atomic E-state index is -5.44. The number of hydrogen-bond acceptors (Lipinski definition) is 6. The number of nitrogens with one attached hydrogen (secondary N) is 1. The first-order chi connectivity index (χ1) is 16.3. The van der Waals surface area contributed by atoms with Gasteiger partial charge in [-0.25, -0.2) is 13.2 Å². The number of alkyl halides is 3. The van der Waals surface area contributed by atoms with Gasteiger partial charge in [-0.3, -0.25) is 9.52 Å². The highest BCUT2D eigenvalue weighted by molar-refractivity contribution is 7.93. The van der Waals surface area contributed by atoms with Gasteiger partial charge in [-0.15, -0.1) is 0 Å². The minimum absolute atomic E-state index is 0.0642. The molecular weight excluding hydrogens is 536 g/mol. The average Bonchev–Trinajstić information content (AvgIpc) is 2.75. The standard InChI is InChI=1S/C21H13Cl2F3N2O6S/c22-11-8-9-15(13(23)10-11)33-16-6-2-1-5-14(16)28-35(31,32)18-12(19(27)29)4-3-7-17(18)34-20(30)21(24,25)26/h1-10,28H,(H2,27,29). The first-order valence-electron chi connectivity index (χ1n) is 9.26. The lowest BCUT2D eigenvalue weighted by Crippen LogP contribution is -2.29. The van der Waals surface area contributed by atoms with Gasteiger partial charge in [-0.1, -0.05) is 41.4 Å². The number of primary amides is 1. The maximum atomic E-state index is 13.2. The fourth-order valence-corrected chi connectivity index (χ4v) is 4.58. The molecule has 14 heteroatoms. The number of esters is 1. The number of halogens is 5. The number of nitrogens with two attached hydrogens (primary N) is 1. The van der Waals surface area contributed by atoms with Crippen LogP contribution in [0.15, 0.2) is 65.6 Å². The van der Waals surface area contributed by atoms with Gasteiger partial charge in [0.1, 0.15) is 10.6 Å². The van der Waals surface area contributed by atoms with E-state index in [-0.39, 0.29) is 22.2 Å². The van der Waals surface area contributed by atoms with E-state index in [2.05, 4.69) is 9.46 Å². The summed E-state index contributed by atoms with van der Waals surface area (Å²) in [5.41, 5.74) is 4.30. The molecule has 0 atom stereocenters. The number of benzene rings is 3. The monoisotopic (exact) mass is 548 g/mol. The Bertz CT molecular complexity index is 1410. The number of ether oxygens (including phenoxy) is 2. The van der Waals surface area contributed by atoms with Gasteiger partial charge in [0, 0.05) is 5.02 Å². The van der Waals surface area contributed by atoms with Crippen molar-refractivity contribution in [1.82, 2.24) is 0 Å². The molecule has 35 heavy (non-hydrogen) atoms. The van der Waals surface area contributed by atoms with Gasteiger partial charge in [0.25, 0.3) is 10.0 Å². The van der Waals surface area contributed by atoms with Crippen LogP contribution in [0.1, 0.15) is 10.4 Å². The van der Waals surface area contributed by atoms with Crippen molar-refractivity contribution < 1.29 is 40.7 Å². The van der Waals surface area contributed by atoms with Gasteiger partial charge >= 0.3 is 12.1 Å². The summed E-state index contributed by atoms with van der Waals surface area (Å²) in [5.74, 6) is -5.01. The van der Waals surface area contributed by atoms with E-state index in [0.717, 1.165) is 18.2 Å². The number of amides is 1. The van der Waals surface area contributed by atoms with Crippen LogP contribution >= 0.6 is 23.2 Å². The third-order valence-electron chi connectivity index (χ3n) is 4.19. The van der Waals surface area contributed by atoms with E-state index in [1.54, 1.807) is 0 Å². The van der Waals surface area contributed by atoms with E-state index < -0.39 is 44.3 Å². The molecule has 3 aromatic rings. The summed E-state index contributed by atoms with van der Waals surface area (Å²) in [7, 11) is -4.87. The molecule has 0 aromatic heterocycles. The third kappa shape index (κ3) is 6.15. The number of rotatable bonds is 7. The Hall–Kier alpha value is -3.48. The van der Waals surface area contributed by atoms with Crippen molar-refractivity contribution in [2.75, 3.05) is 4.72 Å². The predicted octanol–water partition coefficient (Wildman–Crippen LogP) is 5.15. The fourth-order valence-electron chi connectivity index (χ4n) is 2.74. The molecule has 8 nitrogen and oxygen atoms in total. The van der Waals surface area contributed by atoms with Crippen LogP contribution in [0, 0.1) is 0 Å². The summed E-state index contributed by atoms with van der Waals surface area (Å²) >= 11 is 11.9. The largest absolute Gasteiger partial charge is 0.491 e. The van der Waals surface area contributed by atoms with E-state index in [9.17, 15) is 31.2 Å². The molecule has 1 amide bonds. The number of hydrogen-bond donors (Lipinski definition) is 2. The summed E-state index contributed by atoms with van der Waals surface area (Å²) in [6.45, 7) is 0. The topological polar surface area (TPSA) is 125 Å². The van der Waals surface area contributed by atoms with Gasteiger partial charge in [-0.2, -0.15) is 13.2 Å². The van der Waals surface area contributed by atoms with Crippen LogP contribution < -0.4 is 19.9 Å². The van der Waals surface area contributed by atoms with E-state index >= 15 is 0 Å². The summed E-state index contributed by atoms with van der Waals surface area (Å²) in [4.78, 5) is 22.1. The van der Waals surface area contributed by atoms with Crippen molar-refractivity contribution in [3.05, 3.63) is 76.3 Å². The molecule has 0 bridgehead atoms. The Balaban J connectivity index is 2.05. The first-order valence-corrected chi connectivity index (χ1v) is 11.5.